The van der Waals surface area contributed by atoms with Gasteiger partial charge in [-0.05, 0) is 85.8 Å². The summed E-state index contributed by atoms with van der Waals surface area (Å²) in [4.78, 5) is 30.3. The van der Waals surface area contributed by atoms with E-state index >= 15 is 0 Å². The molecule has 6 nitrogen and oxygen atoms in total. The molecule has 33 heavy (non-hydrogen) atoms. The first kappa shape index (κ1) is 23.0. The van der Waals surface area contributed by atoms with E-state index in [0.29, 0.717) is 28.5 Å². The maximum atomic E-state index is 12.9. The second-order valence-corrected chi connectivity index (χ2v) is 9.07. The van der Waals surface area contributed by atoms with Gasteiger partial charge in [-0.15, -0.1) is 0 Å². The maximum Gasteiger partial charge on any atom is 0.339 e. The van der Waals surface area contributed by atoms with E-state index in [-0.39, 0.29) is 11.6 Å². The van der Waals surface area contributed by atoms with Crippen LogP contribution in [-0.4, -0.2) is 34.1 Å². The SMILES string of the molecule is COC(=O)c1ccccc1NC(=S)N(Cc1cc2cc(C)c(C)cc2[nH]c1=O)C1CCCC1. The molecule has 172 valence electrons. The van der Waals surface area contributed by atoms with Crippen molar-refractivity contribution in [2.75, 3.05) is 12.4 Å². The summed E-state index contributed by atoms with van der Waals surface area (Å²) < 4.78 is 4.91. The third kappa shape index (κ3) is 4.93. The van der Waals surface area contributed by atoms with Crippen molar-refractivity contribution in [3.05, 3.63) is 75.1 Å². The molecule has 2 N–H and O–H groups in total. The van der Waals surface area contributed by atoms with Crippen molar-refractivity contribution < 1.29 is 9.53 Å². The fourth-order valence-corrected chi connectivity index (χ4v) is 4.80. The Morgan fingerprint density at radius 1 is 1.15 bits per heavy atom. The number of carbonyl (C=O) groups excluding carboxylic acids is 1. The Morgan fingerprint density at radius 3 is 2.58 bits per heavy atom. The summed E-state index contributed by atoms with van der Waals surface area (Å²) in [5.74, 6) is -0.426. The zero-order valence-corrected chi connectivity index (χ0v) is 20.1. The lowest BCUT2D eigenvalue weighted by Gasteiger charge is -2.32. The first-order valence-corrected chi connectivity index (χ1v) is 11.7. The summed E-state index contributed by atoms with van der Waals surface area (Å²) in [6.07, 6.45) is 4.30. The summed E-state index contributed by atoms with van der Waals surface area (Å²) in [6.45, 7) is 4.51. The second-order valence-electron chi connectivity index (χ2n) is 8.68. The standard InChI is InChI=1S/C26H29N3O3S/c1-16-12-18-14-19(24(30)27-23(18)13-17(16)2)15-29(20-8-4-5-9-20)26(33)28-22-11-7-6-10-21(22)25(31)32-3/h6-7,10-14,20H,4-5,8-9,15H2,1-3H3,(H,27,30)(H,28,33). The van der Waals surface area contributed by atoms with Gasteiger partial charge in [-0.1, -0.05) is 25.0 Å². The van der Waals surface area contributed by atoms with Crippen LogP contribution < -0.4 is 10.9 Å². The molecule has 0 unspecified atom stereocenters. The van der Waals surface area contributed by atoms with Crippen LogP contribution in [-0.2, 0) is 11.3 Å². The van der Waals surface area contributed by atoms with Crippen molar-refractivity contribution in [2.24, 2.45) is 0 Å². The number of aromatic nitrogens is 1. The van der Waals surface area contributed by atoms with Crippen LogP contribution in [0.15, 0.2) is 47.3 Å². The molecule has 0 spiro atoms. The number of carbonyl (C=O) groups is 1. The minimum absolute atomic E-state index is 0.105. The van der Waals surface area contributed by atoms with Gasteiger partial charge in [0.2, 0.25) is 0 Å². The number of ether oxygens (including phenoxy) is 1. The topological polar surface area (TPSA) is 74.4 Å². The summed E-state index contributed by atoms with van der Waals surface area (Å²) in [7, 11) is 1.36. The maximum absolute atomic E-state index is 12.9. The van der Waals surface area contributed by atoms with E-state index in [0.717, 1.165) is 42.1 Å². The first-order chi connectivity index (χ1) is 15.9. The van der Waals surface area contributed by atoms with Crippen molar-refractivity contribution in [3.8, 4) is 0 Å². The van der Waals surface area contributed by atoms with Crippen LogP contribution in [0.25, 0.3) is 10.9 Å². The van der Waals surface area contributed by atoms with Crippen molar-refractivity contribution in [3.63, 3.8) is 0 Å². The number of hydrogen-bond donors (Lipinski definition) is 2. The summed E-state index contributed by atoms with van der Waals surface area (Å²) >= 11 is 5.80. The molecule has 1 fully saturated rings. The molecule has 0 amide bonds. The number of nitrogens with one attached hydrogen (secondary N) is 2. The molecule has 2 aromatic carbocycles. The lowest BCUT2D eigenvalue weighted by atomic mass is 10.0. The van der Waals surface area contributed by atoms with E-state index in [1.54, 1.807) is 18.2 Å². The van der Waals surface area contributed by atoms with E-state index in [9.17, 15) is 9.59 Å². The van der Waals surface area contributed by atoms with Crippen LogP contribution in [0.2, 0.25) is 0 Å². The average Bonchev–Trinajstić information content (AvgIpc) is 3.33. The molecule has 4 rings (SSSR count). The Hall–Kier alpha value is -3.19. The number of aromatic amines is 1. The molecule has 0 saturated heterocycles. The van der Waals surface area contributed by atoms with Crippen LogP contribution in [0.4, 0.5) is 5.69 Å². The first-order valence-electron chi connectivity index (χ1n) is 11.3. The number of hydrogen-bond acceptors (Lipinski definition) is 4. The normalized spacial score (nSPS) is 13.8. The number of fused-ring (bicyclic) bond motifs is 1. The van der Waals surface area contributed by atoms with Gasteiger partial charge in [0.1, 0.15) is 0 Å². The number of thiocarbonyl (C=S) groups is 1. The Balaban J connectivity index is 1.66. The van der Waals surface area contributed by atoms with Crippen LogP contribution in [0.5, 0.6) is 0 Å². The van der Waals surface area contributed by atoms with Gasteiger partial charge in [0.25, 0.3) is 5.56 Å². The van der Waals surface area contributed by atoms with E-state index < -0.39 is 5.97 Å². The van der Waals surface area contributed by atoms with Gasteiger partial charge in [0.15, 0.2) is 5.11 Å². The Bertz CT molecular complexity index is 1260. The summed E-state index contributed by atoms with van der Waals surface area (Å²) in [5.41, 5.74) is 4.75. The van der Waals surface area contributed by atoms with Crippen LogP contribution in [0.1, 0.15) is 52.7 Å². The number of pyridine rings is 1. The smallest absolute Gasteiger partial charge is 0.339 e. The lowest BCUT2D eigenvalue weighted by molar-refractivity contribution is 0.0602. The average molecular weight is 464 g/mol. The third-order valence-corrected chi connectivity index (χ3v) is 6.81. The van der Waals surface area contributed by atoms with E-state index in [2.05, 4.69) is 28.2 Å². The highest BCUT2D eigenvalue weighted by Gasteiger charge is 2.26. The van der Waals surface area contributed by atoms with Gasteiger partial charge in [-0.3, -0.25) is 4.79 Å². The molecule has 1 aliphatic rings. The lowest BCUT2D eigenvalue weighted by Crippen LogP contribution is -2.42. The molecule has 1 aliphatic carbocycles. The van der Waals surface area contributed by atoms with Crippen LogP contribution in [0.3, 0.4) is 0 Å². The molecular weight excluding hydrogens is 434 g/mol. The fraction of sp³-hybridized carbons (Fsp3) is 0.346. The van der Waals surface area contributed by atoms with Crippen molar-refractivity contribution in [1.29, 1.82) is 0 Å². The molecule has 3 aromatic rings. The highest BCUT2D eigenvalue weighted by atomic mass is 32.1. The molecule has 7 heteroatoms. The van der Waals surface area contributed by atoms with Gasteiger partial charge in [-0.2, -0.15) is 0 Å². The predicted octanol–water partition coefficient (Wildman–Crippen LogP) is 5.07. The van der Waals surface area contributed by atoms with Gasteiger partial charge >= 0.3 is 5.97 Å². The fourth-order valence-electron chi connectivity index (χ4n) is 4.47. The minimum Gasteiger partial charge on any atom is -0.465 e. The largest absolute Gasteiger partial charge is 0.465 e. The van der Waals surface area contributed by atoms with Crippen LogP contribution in [0, 0.1) is 13.8 Å². The number of aryl methyl sites for hydroxylation is 2. The zero-order valence-electron chi connectivity index (χ0n) is 19.2. The Kier molecular flexibility index (Phi) is 6.79. The third-order valence-electron chi connectivity index (χ3n) is 6.48. The summed E-state index contributed by atoms with van der Waals surface area (Å²) in [6, 6.07) is 13.5. The number of para-hydroxylation sites is 1. The minimum atomic E-state index is -0.426. The quantitative estimate of drug-likeness (QED) is 0.406. The van der Waals surface area contributed by atoms with Gasteiger partial charge in [0, 0.05) is 17.1 Å². The van der Waals surface area contributed by atoms with Gasteiger partial charge in [0.05, 0.1) is 24.9 Å². The zero-order chi connectivity index (χ0) is 23.5. The van der Waals surface area contributed by atoms with Crippen molar-refractivity contribution >= 4 is 39.9 Å². The monoisotopic (exact) mass is 463 g/mol. The number of nitrogens with zero attached hydrogens (tertiary/aromatic N) is 1. The van der Waals surface area contributed by atoms with Crippen molar-refractivity contribution in [2.45, 2.75) is 52.1 Å². The number of methoxy groups -OCH3 is 1. The molecule has 0 atom stereocenters. The molecule has 0 aliphatic heterocycles. The van der Waals surface area contributed by atoms with E-state index in [4.69, 9.17) is 17.0 Å². The molecule has 0 radical (unpaired) electrons. The predicted molar refractivity (Wildman–Crippen MR) is 136 cm³/mol. The van der Waals surface area contributed by atoms with Gasteiger partial charge in [-0.25, -0.2) is 4.79 Å². The molecule has 0 bridgehead atoms. The number of rotatable bonds is 5. The number of anilines is 1. The Morgan fingerprint density at radius 2 is 1.85 bits per heavy atom. The summed E-state index contributed by atoms with van der Waals surface area (Å²) in [5, 5.41) is 4.75. The second kappa shape index (κ2) is 9.75. The molecule has 1 aromatic heterocycles. The molecule has 1 saturated carbocycles. The Labute approximate surface area is 199 Å². The number of H-pyrrole nitrogens is 1. The number of esters is 1. The molecule has 1 heterocycles. The van der Waals surface area contributed by atoms with E-state index in [1.807, 2.05) is 25.1 Å². The number of benzene rings is 2. The van der Waals surface area contributed by atoms with E-state index in [1.165, 1.54) is 12.7 Å². The highest BCUT2D eigenvalue weighted by Crippen LogP contribution is 2.27. The van der Waals surface area contributed by atoms with Crippen LogP contribution >= 0.6 is 12.2 Å². The van der Waals surface area contributed by atoms with Crippen molar-refractivity contribution in [1.82, 2.24) is 9.88 Å². The molecular formula is C26H29N3O3S. The van der Waals surface area contributed by atoms with Gasteiger partial charge < -0.3 is 19.9 Å². The highest BCUT2D eigenvalue weighted by molar-refractivity contribution is 7.80.